The van der Waals surface area contributed by atoms with E-state index in [9.17, 15) is 24.0 Å². The number of rotatable bonds is 8. The quantitative estimate of drug-likeness (QED) is 0.317. The minimum atomic E-state index is -0.289. The molecule has 328 valence electrons. The van der Waals surface area contributed by atoms with E-state index < -0.39 is 0 Å². The molecule has 3 fully saturated rings. The molecular weight excluding hydrogens is 809 g/mol. The van der Waals surface area contributed by atoms with Crippen molar-refractivity contribution in [2.75, 3.05) is 86.6 Å². The smallest absolute Gasteiger partial charge is 0.341 e. The van der Waals surface area contributed by atoms with Crippen molar-refractivity contribution in [1.82, 2.24) is 34.5 Å². The van der Waals surface area contributed by atoms with Crippen LogP contribution < -0.4 is 16.6 Å². The fraction of sp³-hybridized carbons (Fsp3) is 0.667. The molecule has 1 saturated heterocycles. The Balaban J connectivity index is 0.000000147. The van der Waals surface area contributed by atoms with E-state index in [4.69, 9.17) is 24.9 Å². The van der Waals surface area contributed by atoms with Gasteiger partial charge in [-0.15, -0.1) is 22.7 Å². The molecule has 7 heterocycles. The molecule has 0 aromatic carbocycles. The normalized spacial score (nSPS) is 23.9. The number of anilines is 1. The summed E-state index contributed by atoms with van der Waals surface area (Å²) >= 11 is 3.15. The average molecular weight is 869 g/mol. The summed E-state index contributed by atoms with van der Waals surface area (Å²) in [6, 6.07) is 0.0686. The molecule has 16 nitrogen and oxygen atoms in total. The van der Waals surface area contributed by atoms with Crippen LogP contribution in [0.4, 0.5) is 5.00 Å². The first kappa shape index (κ1) is 44.1. The van der Waals surface area contributed by atoms with Gasteiger partial charge in [0.2, 0.25) is 17.7 Å². The summed E-state index contributed by atoms with van der Waals surface area (Å²) in [7, 11) is 6.96. The van der Waals surface area contributed by atoms with E-state index in [0.717, 1.165) is 125 Å². The van der Waals surface area contributed by atoms with Gasteiger partial charge in [0, 0.05) is 83.4 Å². The molecule has 0 bridgehead atoms. The molecule has 0 unspecified atom stereocenters. The molecule has 3 aromatic heterocycles. The standard InChI is InChI=1S/C20H26N4O3S.C13H20N2O3S.C9H14N2O2/c1-22-11-16-21-18-17(13-6-7-23(8-9-27-2)10-15(13)28-18)20(26)24(16)14-5-3-4-12(14)19(22)25;1-3-18-13(16)11-9-4-5-15(6-7-17-2)8-10(9)19-12(11)14;1-11-5-8(12)10-7-4-2-3-6(7)9(11)13/h12,14H,3-11H2,1-2H3;3-8,14H2,1-2H3;6-7H,2-5H2,1H3,(H,10,12)/t12-,14+;;6-,7+/m0.0/s1. The van der Waals surface area contributed by atoms with Crippen LogP contribution in [0.5, 0.6) is 0 Å². The summed E-state index contributed by atoms with van der Waals surface area (Å²) < 4.78 is 17.3. The molecule has 2 aliphatic carbocycles. The van der Waals surface area contributed by atoms with Crippen LogP contribution in [0, 0.1) is 11.8 Å². The van der Waals surface area contributed by atoms with Crippen LogP contribution in [0.2, 0.25) is 0 Å². The van der Waals surface area contributed by atoms with Gasteiger partial charge in [0.15, 0.2) is 0 Å². The summed E-state index contributed by atoms with van der Waals surface area (Å²) in [5.41, 5.74) is 8.89. The Hall–Kier alpha value is -3.94. The van der Waals surface area contributed by atoms with Crippen LogP contribution in [-0.4, -0.2) is 140 Å². The molecule has 4 aliphatic heterocycles. The Labute approximate surface area is 359 Å². The third kappa shape index (κ3) is 9.14. The van der Waals surface area contributed by atoms with Crippen LogP contribution in [0.3, 0.4) is 0 Å². The van der Waals surface area contributed by atoms with E-state index in [0.29, 0.717) is 23.7 Å². The zero-order valence-corrected chi connectivity index (χ0v) is 37.2. The Morgan fingerprint density at radius 2 is 1.43 bits per heavy atom. The second-order valence-corrected chi connectivity index (χ2v) is 18.8. The monoisotopic (exact) mass is 868 g/mol. The minimum Gasteiger partial charge on any atom is -0.462 e. The van der Waals surface area contributed by atoms with Gasteiger partial charge in [-0.2, -0.15) is 0 Å². The fourth-order valence-electron chi connectivity index (χ4n) is 9.70. The van der Waals surface area contributed by atoms with Gasteiger partial charge in [-0.25, -0.2) is 9.78 Å². The van der Waals surface area contributed by atoms with E-state index in [1.165, 1.54) is 31.6 Å². The first-order valence-corrected chi connectivity index (χ1v) is 22.9. The number of thiophene rings is 2. The summed E-state index contributed by atoms with van der Waals surface area (Å²) in [4.78, 5) is 77.5. The maximum absolute atomic E-state index is 13.6. The minimum absolute atomic E-state index is 0.0229. The van der Waals surface area contributed by atoms with E-state index in [1.807, 2.05) is 11.6 Å². The molecule has 3 N–H and O–H groups in total. The van der Waals surface area contributed by atoms with Gasteiger partial charge >= 0.3 is 5.97 Å². The zero-order chi connectivity index (χ0) is 42.7. The Kier molecular flexibility index (Phi) is 14.3. The number of esters is 1. The number of nitrogens with two attached hydrogens (primary N) is 1. The maximum Gasteiger partial charge on any atom is 0.341 e. The van der Waals surface area contributed by atoms with Gasteiger partial charge in [-0.3, -0.25) is 33.5 Å². The highest BCUT2D eigenvalue weighted by Crippen LogP contribution is 2.41. The second kappa shape index (κ2) is 19.4. The van der Waals surface area contributed by atoms with E-state index in [1.54, 1.807) is 44.4 Å². The van der Waals surface area contributed by atoms with E-state index in [2.05, 4.69) is 15.1 Å². The average Bonchev–Trinajstić information content (AvgIpc) is 4.01. The number of carbonyl (C=O) groups excluding carboxylic acids is 4. The lowest BCUT2D eigenvalue weighted by Crippen LogP contribution is -2.37. The highest BCUT2D eigenvalue weighted by molar-refractivity contribution is 7.18. The summed E-state index contributed by atoms with van der Waals surface area (Å²) in [6.45, 7) is 9.64. The maximum atomic E-state index is 13.6. The third-order valence-corrected chi connectivity index (χ3v) is 14.9. The number of carbonyl (C=O) groups is 4. The van der Waals surface area contributed by atoms with Crippen LogP contribution in [-0.2, 0) is 61.1 Å². The van der Waals surface area contributed by atoms with Gasteiger partial charge in [0.1, 0.15) is 15.7 Å². The Morgan fingerprint density at radius 3 is 2.12 bits per heavy atom. The number of nitrogen functional groups attached to an aromatic ring is 1. The number of fused-ring (bicyclic) bond motifs is 8. The number of hydrogen-bond acceptors (Lipinski definition) is 14. The lowest BCUT2D eigenvalue weighted by atomic mass is 10.0. The number of hydrogen-bond donors (Lipinski definition) is 2. The molecule has 0 radical (unpaired) electrons. The number of ether oxygens (including phenoxy) is 3. The summed E-state index contributed by atoms with van der Waals surface area (Å²) in [5, 5.41) is 4.28. The predicted molar refractivity (Wildman–Crippen MR) is 230 cm³/mol. The van der Waals surface area contributed by atoms with Crippen molar-refractivity contribution in [2.45, 2.75) is 90.0 Å². The third-order valence-electron chi connectivity index (χ3n) is 12.7. The summed E-state index contributed by atoms with van der Waals surface area (Å²) in [5.74, 6) is 0.678. The van der Waals surface area contributed by atoms with Gasteiger partial charge < -0.3 is 35.1 Å². The number of likely N-dealkylation sites (N-methyl/N-ethyl adjacent to an activating group) is 1. The molecule has 0 spiro atoms. The molecule has 2 saturated carbocycles. The van der Waals surface area contributed by atoms with Crippen molar-refractivity contribution in [3.05, 3.63) is 42.6 Å². The van der Waals surface area contributed by atoms with Crippen LogP contribution >= 0.6 is 22.7 Å². The van der Waals surface area contributed by atoms with Gasteiger partial charge in [0.05, 0.1) is 61.7 Å². The number of methoxy groups -OCH3 is 2. The van der Waals surface area contributed by atoms with Gasteiger partial charge in [-0.05, 0) is 56.6 Å². The molecule has 4 atom stereocenters. The largest absolute Gasteiger partial charge is 0.462 e. The molecular formula is C42H60N8O8S2. The zero-order valence-electron chi connectivity index (χ0n) is 35.6. The second-order valence-electron chi connectivity index (χ2n) is 16.6. The SMILES string of the molecule is CCOC(=O)c1c(N)sc2c1CCN(CCOC)C2.CN1CC(=O)N[C@@H]2CCC[C@@H]2C1=O.COCCN1CCc2c(sc3nc4n(c(=O)c23)[C@@H]2CCC[C@@H]2C(=O)N(C)C4)C1. The van der Waals surface area contributed by atoms with Crippen LogP contribution in [0.15, 0.2) is 4.79 Å². The molecule has 3 amide bonds. The van der Waals surface area contributed by atoms with Crippen LogP contribution in [0.1, 0.15) is 88.6 Å². The molecule has 6 aliphatic rings. The van der Waals surface area contributed by atoms with Crippen molar-refractivity contribution in [3.8, 4) is 0 Å². The number of nitrogens with one attached hydrogen (secondary N) is 1. The number of nitrogens with zero attached hydrogens (tertiary/aromatic N) is 6. The van der Waals surface area contributed by atoms with Crippen molar-refractivity contribution in [2.24, 2.45) is 11.8 Å². The summed E-state index contributed by atoms with van der Waals surface area (Å²) in [6.07, 6.45) is 7.41. The predicted octanol–water partition coefficient (Wildman–Crippen LogP) is 3.03. The van der Waals surface area contributed by atoms with E-state index >= 15 is 0 Å². The molecule has 60 heavy (non-hydrogen) atoms. The first-order valence-electron chi connectivity index (χ1n) is 21.3. The fourth-order valence-corrected chi connectivity index (χ4v) is 12.1. The lowest BCUT2D eigenvalue weighted by Gasteiger charge is -2.26. The van der Waals surface area contributed by atoms with Gasteiger partial charge in [-0.1, -0.05) is 12.8 Å². The van der Waals surface area contributed by atoms with Crippen molar-refractivity contribution >= 4 is 61.6 Å². The van der Waals surface area contributed by atoms with Gasteiger partial charge in [0.25, 0.3) is 5.56 Å². The Morgan fingerprint density at radius 1 is 0.817 bits per heavy atom. The van der Waals surface area contributed by atoms with Crippen molar-refractivity contribution in [1.29, 1.82) is 0 Å². The molecule has 3 aromatic rings. The Bertz CT molecular complexity index is 2140. The topological polar surface area (TPSA) is 182 Å². The highest BCUT2D eigenvalue weighted by Gasteiger charge is 2.41. The number of amides is 3. The first-order chi connectivity index (χ1) is 28.9. The lowest BCUT2D eigenvalue weighted by molar-refractivity contribution is -0.135. The molecule has 18 heteroatoms. The van der Waals surface area contributed by atoms with Crippen molar-refractivity contribution in [3.63, 3.8) is 0 Å². The van der Waals surface area contributed by atoms with Crippen molar-refractivity contribution < 1.29 is 33.4 Å². The van der Waals surface area contributed by atoms with Crippen LogP contribution in [0.25, 0.3) is 10.2 Å². The molecule has 9 rings (SSSR count). The highest BCUT2D eigenvalue weighted by atomic mass is 32.1. The number of aromatic nitrogens is 2. The van der Waals surface area contributed by atoms with E-state index in [-0.39, 0.29) is 59.7 Å².